The van der Waals surface area contributed by atoms with Gasteiger partial charge in [-0.1, -0.05) is 60.2 Å². The van der Waals surface area contributed by atoms with Gasteiger partial charge in [0.2, 0.25) is 0 Å². The first kappa shape index (κ1) is 19.8. The lowest BCUT2D eigenvalue weighted by Gasteiger charge is -2.18. The molecule has 0 aliphatic carbocycles. The van der Waals surface area contributed by atoms with Crippen LogP contribution in [0.25, 0.3) is 0 Å². The lowest BCUT2D eigenvalue weighted by Crippen LogP contribution is -2.18. The van der Waals surface area contributed by atoms with E-state index >= 15 is 0 Å². The lowest BCUT2D eigenvalue weighted by molar-refractivity contribution is 0.0980. The van der Waals surface area contributed by atoms with Gasteiger partial charge in [-0.3, -0.25) is 4.79 Å². The van der Waals surface area contributed by atoms with E-state index in [0.717, 1.165) is 5.56 Å². The minimum Gasteiger partial charge on any atom is -0.497 e. The van der Waals surface area contributed by atoms with E-state index in [-0.39, 0.29) is 17.1 Å². The number of hydrogen-bond acceptors (Lipinski definition) is 4. The Kier molecular flexibility index (Phi) is 5.95. The zero-order valence-electron chi connectivity index (χ0n) is 15.8. The van der Waals surface area contributed by atoms with Crippen LogP contribution < -0.4 is 4.74 Å². The monoisotopic (exact) mass is 394 g/mol. The molecular formula is C23H22O4S. The van der Waals surface area contributed by atoms with Crippen molar-refractivity contribution in [2.75, 3.05) is 7.11 Å². The van der Waals surface area contributed by atoms with Gasteiger partial charge in [-0.2, -0.15) is 0 Å². The van der Waals surface area contributed by atoms with E-state index < -0.39 is 15.1 Å². The Labute approximate surface area is 165 Å². The van der Waals surface area contributed by atoms with Gasteiger partial charge in [0, 0.05) is 12.0 Å². The van der Waals surface area contributed by atoms with E-state index in [4.69, 9.17) is 4.74 Å². The molecule has 0 aliphatic heterocycles. The Bertz CT molecular complexity index is 1060. The molecule has 0 aliphatic rings. The van der Waals surface area contributed by atoms with Gasteiger partial charge in [0.25, 0.3) is 0 Å². The summed E-state index contributed by atoms with van der Waals surface area (Å²) in [6, 6.07) is 22.4. The zero-order valence-corrected chi connectivity index (χ0v) is 16.6. The van der Waals surface area contributed by atoms with E-state index in [2.05, 4.69) is 0 Å². The molecule has 3 rings (SSSR count). The maximum absolute atomic E-state index is 13.4. The van der Waals surface area contributed by atoms with Crippen LogP contribution in [0, 0.1) is 6.92 Å². The van der Waals surface area contributed by atoms with Gasteiger partial charge < -0.3 is 4.74 Å². The van der Waals surface area contributed by atoms with Gasteiger partial charge in [0.05, 0.1) is 17.3 Å². The smallest absolute Gasteiger partial charge is 0.185 e. The highest BCUT2D eigenvalue weighted by atomic mass is 32.2. The number of carbonyl (C=O) groups is 1. The number of ether oxygens (including phenoxy) is 1. The number of methoxy groups -OCH3 is 1. The van der Waals surface area contributed by atoms with Crippen LogP contribution in [-0.2, 0) is 9.84 Å². The van der Waals surface area contributed by atoms with Crippen molar-refractivity contribution in [3.63, 3.8) is 0 Å². The molecule has 0 N–H and O–H groups in total. The molecule has 3 aromatic rings. The molecule has 0 aromatic heterocycles. The van der Waals surface area contributed by atoms with Crippen LogP contribution in [0.1, 0.15) is 33.2 Å². The summed E-state index contributed by atoms with van der Waals surface area (Å²) in [6.45, 7) is 1.90. The van der Waals surface area contributed by atoms with Gasteiger partial charge in [0.1, 0.15) is 5.75 Å². The third-order valence-electron chi connectivity index (χ3n) is 4.66. The maximum atomic E-state index is 13.4. The van der Waals surface area contributed by atoms with Crippen molar-refractivity contribution in [3.8, 4) is 5.75 Å². The molecule has 1 atom stereocenters. The molecule has 144 valence electrons. The Morgan fingerprint density at radius 3 is 2.25 bits per heavy atom. The summed E-state index contributed by atoms with van der Waals surface area (Å²) in [5.41, 5.74) is 2.00. The van der Waals surface area contributed by atoms with Gasteiger partial charge >= 0.3 is 0 Å². The largest absolute Gasteiger partial charge is 0.497 e. The van der Waals surface area contributed by atoms with Crippen LogP contribution in [-0.4, -0.2) is 21.3 Å². The van der Waals surface area contributed by atoms with E-state index in [1.54, 1.807) is 72.8 Å². The number of carbonyl (C=O) groups excluding carboxylic acids is 1. The SMILES string of the molecule is COc1cccc(C(=O)C[C@@H](c2ccccc2)S(=O)(=O)c2ccc(C)cc2)c1. The fourth-order valence-corrected chi connectivity index (χ4v) is 4.78. The highest BCUT2D eigenvalue weighted by Crippen LogP contribution is 2.33. The minimum atomic E-state index is -3.74. The van der Waals surface area contributed by atoms with E-state index in [9.17, 15) is 13.2 Å². The number of sulfone groups is 1. The molecule has 0 saturated carbocycles. The summed E-state index contributed by atoms with van der Waals surface area (Å²) >= 11 is 0. The number of rotatable bonds is 7. The molecule has 4 nitrogen and oxygen atoms in total. The molecule has 28 heavy (non-hydrogen) atoms. The summed E-state index contributed by atoms with van der Waals surface area (Å²) in [6.07, 6.45) is -0.145. The Morgan fingerprint density at radius 2 is 1.61 bits per heavy atom. The molecule has 0 fully saturated rings. The molecule has 0 bridgehead atoms. The normalized spacial score (nSPS) is 12.4. The summed E-state index contributed by atoms with van der Waals surface area (Å²) < 4.78 is 31.9. The predicted molar refractivity (Wildman–Crippen MR) is 109 cm³/mol. The van der Waals surface area contributed by atoms with Crippen LogP contribution in [0.15, 0.2) is 83.8 Å². The van der Waals surface area contributed by atoms with Crippen molar-refractivity contribution < 1.29 is 17.9 Å². The minimum absolute atomic E-state index is 0.145. The quantitative estimate of drug-likeness (QED) is 0.541. The number of hydrogen-bond donors (Lipinski definition) is 0. The van der Waals surface area contributed by atoms with Gasteiger partial charge in [-0.15, -0.1) is 0 Å². The molecule has 0 amide bonds. The number of ketones is 1. The van der Waals surface area contributed by atoms with Crippen LogP contribution in [0.3, 0.4) is 0 Å². The molecule has 5 heteroatoms. The van der Waals surface area contributed by atoms with Gasteiger partial charge in [0.15, 0.2) is 15.6 Å². The van der Waals surface area contributed by atoms with Crippen molar-refractivity contribution >= 4 is 15.6 Å². The maximum Gasteiger partial charge on any atom is 0.185 e. The topological polar surface area (TPSA) is 60.4 Å². The summed E-state index contributed by atoms with van der Waals surface area (Å²) in [5.74, 6) is 0.312. The third-order valence-corrected chi connectivity index (χ3v) is 6.78. The standard InChI is InChI=1S/C23H22O4S/c1-17-11-13-21(14-12-17)28(25,26)23(18-7-4-3-5-8-18)16-22(24)19-9-6-10-20(15-19)27-2/h3-15,23H,16H2,1-2H3/t23-/m0/s1. The number of aryl methyl sites for hydroxylation is 1. The second-order valence-electron chi connectivity index (χ2n) is 6.62. The van der Waals surface area contributed by atoms with Crippen molar-refractivity contribution in [2.45, 2.75) is 23.5 Å². The van der Waals surface area contributed by atoms with Gasteiger partial charge in [-0.25, -0.2) is 8.42 Å². The highest BCUT2D eigenvalue weighted by Gasteiger charge is 2.31. The zero-order chi connectivity index (χ0) is 20.1. The lowest BCUT2D eigenvalue weighted by atomic mass is 10.0. The van der Waals surface area contributed by atoms with Crippen molar-refractivity contribution in [2.24, 2.45) is 0 Å². The van der Waals surface area contributed by atoms with E-state index in [1.165, 1.54) is 7.11 Å². The first-order chi connectivity index (χ1) is 13.4. The molecule has 0 radical (unpaired) electrons. The van der Waals surface area contributed by atoms with E-state index in [1.807, 2.05) is 13.0 Å². The average Bonchev–Trinajstić information content (AvgIpc) is 2.72. The van der Waals surface area contributed by atoms with Crippen molar-refractivity contribution in [1.82, 2.24) is 0 Å². The molecule has 0 spiro atoms. The second-order valence-corrected chi connectivity index (χ2v) is 8.75. The predicted octanol–water partition coefficient (Wildman–Crippen LogP) is 4.79. The fourth-order valence-electron chi connectivity index (χ4n) is 3.05. The Balaban J connectivity index is 2.00. The van der Waals surface area contributed by atoms with E-state index in [0.29, 0.717) is 16.9 Å². The van der Waals surface area contributed by atoms with Crippen LogP contribution >= 0.6 is 0 Å². The summed E-state index contributed by atoms with van der Waals surface area (Å²) in [4.78, 5) is 13.1. The Hall–Kier alpha value is -2.92. The third kappa shape index (κ3) is 4.31. The number of benzene rings is 3. The molecule has 0 saturated heterocycles. The summed E-state index contributed by atoms with van der Waals surface area (Å²) in [5, 5.41) is -0.963. The van der Waals surface area contributed by atoms with Crippen LogP contribution in [0.2, 0.25) is 0 Å². The molecular weight excluding hydrogens is 372 g/mol. The summed E-state index contributed by atoms with van der Waals surface area (Å²) in [7, 11) is -2.22. The first-order valence-electron chi connectivity index (χ1n) is 8.94. The van der Waals surface area contributed by atoms with Gasteiger partial charge in [-0.05, 0) is 36.8 Å². The second kappa shape index (κ2) is 8.40. The van der Waals surface area contributed by atoms with Crippen molar-refractivity contribution in [1.29, 1.82) is 0 Å². The van der Waals surface area contributed by atoms with Crippen LogP contribution in [0.4, 0.5) is 0 Å². The molecule has 3 aromatic carbocycles. The fraction of sp³-hybridized carbons (Fsp3) is 0.174. The first-order valence-corrected chi connectivity index (χ1v) is 10.5. The average molecular weight is 394 g/mol. The number of Topliss-reactive ketones (excluding diaryl/α,β-unsaturated/α-hetero) is 1. The van der Waals surface area contributed by atoms with Crippen LogP contribution in [0.5, 0.6) is 5.75 Å². The molecule has 0 heterocycles. The molecule has 0 unspecified atom stereocenters. The van der Waals surface area contributed by atoms with Crippen molar-refractivity contribution in [3.05, 3.63) is 95.6 Å². The Morgan fingerprint density at radius 1 is 0.929 bits per heavy atom. The highest BCUT2D eigenvalue weighted by molar-refractivity contribution is 7.91.